The summed E-state index contributed by atoms with van der Waals surface area (Å²) in [7, 11) is 1.46. The summed E-state index contributed by atoms with van der Waals surface area (Å²) in [5, 5.41) is 5.79. The second-order valence-electron chi connectivity index (χ2n) is 5.13. The van der Waals surface area contributed by atoms with E-state index in [1.807, 2.05) is 6.92 Å². The lowest BCUT2D eigenvalue weighted by atomic mass is 10.1. The molecule has 6 heteroatoms. The Balaban J connectivity index is 2.46. The first-order chi connectivity index (χ1) is 8.86. The first-order valence-electron chi connectivity index (χ1n) is 6.73. The number of likely N-dealkylation sites (tertiary alicyclic amines) is 1. The molecule has 0 radical (unpaired) electrons. The number of rotatable bonds is 6. The largest absolute Gasteiger partial charge is 0.352 e. The molecule has 3 atom stereocenters. The minimum absolute atomic E-state index is 0.116. The van der Waals surface area contributed by atoms with Gasteiger partial charge in [-0.05, 0) is 20.3 Å². The number of carbonyl (C=O) groups is 3. The minimum atomic E-state index is -0.584. The van der Waals surface area contributed by atoms with Crippen molar-refractivity contribution in [3.63, 3.8) is 0 Å². The SMILES string of the molecule is CCCC(C)NC(=O)C(C)NC1CC(=O)N(C)C1=O. The molecule has 2 N–H and O–H groups in total. The van der Waals surface area contributed by atoms with E-state index >= 15 is 0 Å². The van der Waals surface area contributed by atoms with Gasteiger partial charge in [-0.1, -0.05) is 13.3 Å². The van der Waals surface area contributed by atoms with Crippen LogP contribution in [0.4, 0.5) is 0 Å². The Bertz CT molecular complexity index is 370. The fraction of sp³-hybridized carbons (Fsp3) is 0.769. The van der Waals surface area contributed by atoms with Gasteiger partial charge in [0.15, 0.2) is 0 Å². The van der Waals surface area contributed by atoms with Crippen molar-refractivity contribution in [1.29, 1.82) is 0 Å². The Morgan fingerprint density at radius 3 is 2.53 bits per heavy atom. The molecule has 1 fully saturated rings. The van der Waals surface area contributed by atoms with E-state index in [0.717, 1.165) is 17.7 Å². The number of hydrogen-bond donors (Lipinski definition) is 2. The zero-order valence-electron chi connectivity index (χ0n) is 12.0. The number of nitrogens with zero attached hydrogens (tertiary/aromatic N) is 1. The molecule has 0 aliphatic carbocycles. The van der Waals surface area contributed by atoms with Crippen LogP contribution in [0.5, 0.6) is 0 Å². The molecule has 0 saturated carbocycles. The van der Waals surface area contributed by atoms with Crippen molar-refractivity contribution in [1.82, 2.24) is 15.5 Å². The van der Waals surface area contributed by atoms with Crippen LogP contribution in [-0.2, 0) is 14.4 Å². The second-order valence-corrected chi connectivity index (χ2v) is 5.13. The highest BCUT2D eigenvalue weighted by Gasteiger charge is 2.37. The highest BCUT2D eigenvalue weighted by molar-refractivity contribution is 6.05. The summed E-state index contributed by atoms with van der Waals surface area (Å²) in [6.07, 6.45) is 2.04. The molecule has 19 heavy (non-hydrogen) atoms. The number of likely N-dealkylation sites (N-methyl/N-ethyl adjacent to an activating group) is 1. The Labute approximate surface area is 113 Å². The van der Waals surface area contributed by atoms with Gasteiger partial charge in [0, 0.05) is 13.1 Å². The molecule has 6 nitrogen and oxygen atoms in total. The van der Waals surface area contributed by atoms with Gasteiger partial charge in [-0.3, -0.25) is 24.6 Å². The normalized spacial score (nSPS) is 22.5. The van der Waals surface area contributed by atoms with E-state index in [2.05, 4.69) is 17.6 Å². The molecule has 1 rings (SSSR count). The summed E-state index contributed by atoms with van der Waals surface area (Å²) in [6.45, 7) is 5.71. The summed E-state index contributed by atoms with van der Waals surface area (Å²) in [5.41, 5.74) is 0. The summed E-state index contributed by atoms with van der Waals surface area (Å²) in [6, 6.07) is -0.961. The highest BCUT2D eigenvalue weighted by Crippen LogP contribution is 2.11. The Morgan fingerprint density at radius 1 is 1.42 bits per heavy atom. The van der Waals surface area contributed by atoms with Crippen LogP contribution in [0.25, 0.3) is 0 Å². The lowest BCUT2D eigenvalue weighted by Crippen LogP contribution is -2.50. The van der Waals surface area contributed by atoms with Crippen LogP contribution in [0.15, 0.2) is 0 Å². The molecule has 1 aliphatic rings. The first-order valence-corrected chi connectivity index (χ1v) is 6.73. The van der Waals surface area contributed by atoms with Crippen LogP contribution in [-0.4, -0.2) is 47.8 Å². The smallest absolute Gasteiger partial charge is 0.246 e. The summed E-state index contributed by atoms with van der Waals surface area (Å²) in [5.74, 6) is -0.628. The molecule has 1 aliphatic heterocycles. The van der Waals surface area contributed by atoms with E-state index in [-0.39, 0.29) is 30.2 Å². The van der Waals surface area contributed by atoms with Crippen molar-refractivity contribution in [3.05, 3.63) is 0 Å². The number of imide groups is 1. The van der Waals surface area contributed by atoms with Crippen LogP contribution in [0, 0.1) is 0 Å². The van der Waals surface area contributed by atoms with Gasteiger partial charge in [-0.2, -0.15) is 0 Å². The zero-order chi connectivity index (χ0) is 14.6. The maximum atomic E-state index is 11.9. The average Bonchev–Trinajstić information content (AvgIpc) is 2.57. The number of amides is 3. The predicted octanol–water partition coefficient (Wildman–Crippen LogP) is 0.0266. The van der Waals surface area contributed by atoms with Crippen LogP contribution >= 0.6 is 0 Å². The maximum absolute atomic E-state index is 11.9. The molecule has 0 aromatic heterocycles. The third-order valence-corrected chi connectivity index (χ3v) is 3.34. The third-order valence-electron chi connectivity index (χ3n) is 3.34. The van der Waals surface area contributed by atoms with Gasteiger partial charge in [-0.25, -0.2) is 0 Å². The molecule has 0 bridgehead atoms. The molecule has 1 saturated heterocycles. The average molecular weight is 269 g/mol. The quantitative estimate of drug-likeness (QED) is 0.667. The lowest BCUT2D eigenvalue weighted by molar-refractivity contribution is -0.137. The van der Waals surface area contributed by atoms with E-state index in [4.69, 9.17) is 0 Å². The van der Waals surface area contributed by atoms with E-state index in [1.165, 1.54) is 7.05 Å². The molecule has 0 aromatic carbocycles. The maximum Gasteiger partial charge on any atom is 0.246 e. The van der Waals surface area contributed by atoms with Gasteiger partial charge in [0.25, 0.3) is 0 Å². The Morgan fingerprint density at radius 2 is 2.05 bits per heavy atom. The van der Waals surface area contributed by atoms with Gasteiger partial charge in [0.2, 0.25) is 17.7 Å². The standard InChI is InChI=1S/C13H23N3O3/c1-5-6-8(2)14-12(18)9(3)15-10-7-11(17)16(4)13(10)19/h8-10,15H,5-7H2,1-4H3,(H,14,18). The highest BCUT2D eigenvalue weighted by atomic mass is 16.2. The summed E-state index contributed by atoms with van der Waals surface area (Å²) < 4.78 is 0. The first kappa shape index (κ1) is 15.6. The lowest BCUT2D eigenvalue weighted by Gasteiger charge is -2.20. The summed E-state index contributed by atoms with van der Waals surface area (Å²) >= 11 is 0. The fourth-order valence-electron chi connectivity index (χ4n) is 2.14. The predicted molar refractivity (Wildman–Crippen MR) is 71.3 cm³/mol. The molecule has 3 amide bonds. The molecule has 108 valence electrons. The summed E-state index contributed by atoms with van der Waals surface area (Å²) in [4.78, 5) is 36.1. The van der Waals surface area contributed by atoms with Gasteiger partial charge in [-0.15, -0.1) is 0 Å². The number of nitrogens with one attached hydrogen (secondary N) is 2. The van der Waals surface area contributed by atoms with Crippen LogP contribution in [0.3, 0.4) is 0 Å². The van der Waals surface area contributed by atoms with Crippen molar-refractivity contribution in [3.8, 4) is 0 Å². The molecule has 0 aromatic rings. The molecule has 0 spiro atoms. The second kappa shape index (κ2) is 6.65. The van der Waals surface area contributed by atoms with Crippen molar-refractivity contribution in [2.45, 2.75) is 58.2 Å². The van der Waals surface area contributed by atoms with E-state index in [0.29, 0.717) is 0 Å². The van der Waals surface area contributed by atoms with Crippen molar-refractivity contribution < 1.29 is 14.4 Å². The Hall–Kier alpha value is -1.43. The fourth-order valence-corrected chi connectivity index (χ4v) is 2.14. The molecular weight excluding hydrogens is 246 g/mol. The molecular formula is C13H23N3O3. The number of hydrogen-bond acceptors (Lipinski definition) is 4. The minimum Gasteiger partial charge on any atom is -0.352 e. The van der Waals surface area contributed by atoms with Crippen LogP contribution in [0.1, 0.15) is 40.0 Å². The van der Waals surface area contributed by atoms with Crippen LogP contribution in [0.2, 0.25) is 0 Å². The molecule has 1 heterocycles. The van der Waals surface area contributed by atoms with Crippen molar-refractivity contribution in [2.75, 3.05) is 7.05 Å². The van der Waals surface area contributed by atoms with Crippen molar-refractivity contribution >= 4 is 17.7 Å². The monoisotopic (exact) mass is 269 g/mol. The van der Waals surface area contributed by atoms with Gasteiger partial charge < -0.3 is 5.32 Å². The number of carbonyl (C=O) groups excluding carboxylic acids is 3. The molecule has 3 unspecified atom stereocenters. The van der Waals surface area contributed by atoms with E-state index in [1.54, 1.807) is 6.92 Å². The Kier molecular flexibility index (Phi) is 5.47. The topological polar surface area (TPSA) is 78.5 Å². The third kappa shape index (κ3) is 4.02. The van der Waals surface area contributed by atoms with Gasteiger partial charge >= 0.3 is 0 Å². The van der Waals surface area contributed by atoms with E-state index in [9.17, 15) is 14.4 Å². The van der Waals surface area contributed by atoms with Crippen molar-refractivity contribution in [2.24, 2.45) is 0 Å². The van der Waals surface area contributed by atoms with E-state index < -0.39 is 12.1 Å². The van der Waals surface area contributed by atoms with Gasteiger partial charge in [0.1, 0.15) is 0 Å². The zero-order valence-corrected chi connectivity index (χ0v) is 12.0. The van der Waals surface area contributed by atoms with Gasteiger partial charge in [0.05, 0.1) is 18.5 Å². The van der Waals surface area contributed by atoms with Crippen LogP contribution < -0.4 is 10.6 Å².